The van der Waals surface area contributed by atoms with Crippen molar-refractivity contribution in [3.63, 3.8) is 0 Å². The minimum absolute atomic E-state index is 0.386. The van der Waals surface area contributed by atoms with Crippen LogP contribution in [0.1, 0.15) is 11.1 Å². The smallest absolute Gasteiger partial charge is 0.336 e. The molecule has 0 bridgehead atoms. The summed E-state index contributed by atoms with van der Waals surface area (Å²) in [6.07, 6.45) is 1.60. The molecule has 18 heavy (non-hydrogen) atoms. The summed E-state index contributed by atoms with van der Waals surface area (Å²) < 4.78 is 16.0. The molecule has 1 aromatic carbocycles. The lowest BCUT2D eigenvalue weighted by Gasteiger charge is -2.09. The predicted molar refractivity (Wildman–Crippen MR) is 68.3 cm³/mol. The van der Waals surface area contributed by atoms with Gasteiger partial charge in [0.15, 0.2) is 11.2 Å². The number of benzene rings is 1. The first-order valence-corrected chi connectivity index (χ1v) is 5.61. The molecular formula is C14H12O4. The maximum atomic E-state index is 11.5. The molecule has 2 aromatic heterocycles. The van der Waals surface area contributed by atoms with E-state index in [9.17, 15) is 4.79 Å². The van der Waals surface area contributed by atoms with Gasteiger partial charge in [-0.1, -0.05) is 0 Å². The fourth-order valence-corrected chi connectivity index (χ4v) is 2.44. The molecule has 0 aliphatic rings. The molecule has 0 aliphatic carbocycles. The van der Waals surface area contributed by atoms with Crippen LogP contribution in [0, 0.1) is 13.8 Å². The lowest BCUT2D eigenvalue weighted by atomic mass is 10.0. The first kappa shape index (κ1) is 10.9. The van der Waals surface area contributed by atoms with Gasteiger partial charge in [-0.25, -0.2) is 4.79 Å². The zero-order chi connectivity index (χ0) is 12.9. The standard InChI is InChI=1S/C14H12O4/c1-7-6-10(15)18-13-11(7)8(2)9-4-5-17-12(9)14(13)16-3/h4-6H,1-3H3. The monoisotopic (exact) mass is 244 g/mol. The van der Waals surface area contributed by atoms with Gasteiger partial charge in [-0.15, -0.1) is 0 Å². The average Bonchev–Trinajstić information content (AvgIpc) is 2.78. The number of ether oxygens (including phenoxy) is 1. The third-order valence-corrected chi connectivity index (χ3v) is 3.22. The molecular weight excluding hydrogens is 232 g/mol. The second kappa shape index (κ2) is 3.63. The molecule has 0 fully saturated rings. The molecule has 0 unspecified atom stereocenters. The van der Waals surface area contributed by atoms with Gasteiger partial charge in [0.05, 0.1) is 13.4 Å². The quantitative estimate of drug-likeness (QED) is 0.617. The summed E-state index contributed by atoms with van der Waals surface area (Å²) in [6, 6.07) is 3.37. The molecule has 0 aliphatic heterocycles. The highest BCUT2D eigenvalue weighted by Crippen LogP contribution is 2.38. The minimum Gasteiger partial charge on any atom is -0.490 e. The molecule has 0 amide bonds. The first-order chi connectivity index (χ1) is 8.63. The topological polar surface area (TPSA) is 52.6 Å². The minimum atomic E-state index is -0.386. The van der Waals surface area contributed by atoms with Crippen LogP contribution >= 0.6 is 0 Å². The second-order valence-electron chi connectivity index (χ2n) is 4.27. The Morgan fingerprint density at radius 3 is 2.72 bits per heavy atom. The number of hydrogen-bond donors (Lipinski definition) is 0. The summed E-state index contributed by atoms with van der Waals surface area (Å²) in [7, 11) is 1.54. The Kier molecular flexibility index (Phi) is 2.20. The molecule has 0 spiro atoms. The summed E-state index contributed by atoms with van der Waals surface area (Å²) in [4.78, 5) is 11.5. The third-order valence-electron chi connectivity index (χ3n) is 3.22. The van der Waals surface area contributed by atoms with Gasteiger partial charge in [0, 0.05) is 16.8 Å². The van der Waals surface area contributed by atoms with Gasteiger partial charge in [0.25, 0.3) is 0 Å². The highest BCUT2D eigenvalue weighted by molar-refractivity contribution is 6.04. The molecule has 2 heterocycles. The Hall–Kier alpha value is -2.23. The normalized spacial score (nSPS) is 11.3. The Morgan fingerprint density at radius 1 is 1.22 bits per heavy atom. The largest absolute Gasteiger partial charge is 0.490 e. The van der Waals surface area contributed by atoms with Gasteiger partial charge >= 0.3 is 5.63 Å². The van der Waals surface area contributed by atoms with Crippen molar-refractivity contribution in [2.45, 2.75) is 13.8 Å². The van der Waals surface area contributed by atoms with Gasteiger partial charge in [0.2, 0.25) is 5.75 Å². The molecule has 0 saturated carbocycles. The molecule has 92 valence electrons. The van der Waals surface area contributed by atoms with E-state index in [1.165, 1.54) is 13.2 Å². The third kappa shape index (κ3) is 1.29. The van der Waals surface area contributed by atoms with Crippen LogP contribution in [0.2, 0.25) is 0 Å². The van der Waals surface area contributed by atoms with Crippen molar-refractivity contribution >= 4 is 21.9 Å². The Morgan fingerprint density at radius 2 is 2.00 bits per heavy atom. The fourth-order valence-electron chi connectivity index (χ4n) is 2.44. The maximum Gasteiger partial charge on any atom is 0.336 e. The van der Waals surface area contributed by atoms with Gasteiger partial charge in [-0.3, -0.25) is 0 Å². The van der Waals surface area contributed by atoms with E-state index in [-0.39, 0.29) is 5.63 Å². The molecule has 0 atom stereocenters. The second-order valence-corrected chi connectivity index (χ2v) is 4.27. The molecule has 0 N–H and O–H groups in total. The van der Waals surface area contributed by atoms with E-state index in [4.69, 9.17) is 13.6 Å². The summed E-state index contributed by atoms with van der Waals surface area (Å²) in [5, 5.41) is 1.87. The van der Waals surface area contributed by atoms with Gasteiger partial charge in [0.1, 0.15) is 0 Å². The van der Waals surface area contributed by atoms with Crippen molar-refractivity contribution in [1.82, 2.24) is 0 Å². The van der Waals surface area contributed by atoms with Crippen molar-refractivity contribution in [2.24, 2.45) is 0 Å². The van der Waals surface area contributed by atoms with E-state index in [1.807, 2.05) is 19.9 Å². The summed E-state index contributed by atoms with van der Waals surface area (Å²) in [5.41, 5.74) is 2.57. The van der Waals surface area contributed by atoms with Crippen molar-refractivity contribution in [2.75, 3.05) is 7.11 Å². The predicted octanol–water partition coefficient (Wildman–Crippen LogP) is 3.16. The van der Waals surface area contributed by atoms with Crippen molar-refractivity contribution in [3.05, 3.63) is 39.9 Å². The maximum absolute atomic E-state index is 11.5. The summed E-state index contributed by atoms with van der Waals surface area (Å²) in [5.74, 6) is 0.469. The van der Waals surface area contributed by atoms with Gasteiger partial charge in [-0.2, -0.15) is 0 Å². The number of rotatable bonds is 1. The molecule has 0 saturated heterocycles. The lowest BCUT2D eigenvalue weighted by Crippen LogP contribution is -2.00. The fraction of sp³-hybridized carbons (Fsp3) is 0.214. The van der Waals surface area contributed by atoms with Crippen molar-refractivity contribution in [1.29, 1.82) is 0 Å². The van der Waals surface area contributed by atoms with E-state index in [2.05, 4.69) is 0 Å². The van der Waals surface area contributed by atoms with Crippen molar-refractivity contribution in [3.8, 4) is 5.75 Å². The zero-order valence-corrected chi connectivity index (χ0v) is 10.4. The Labute approximate surface area is 103 Å². The zero-order valence-electron chi connectivity index (χ0n) is 10.4. The average molecular weight is 244 g/mol. The van der Waals surface area contributed by atoms with Crippen LogP contribution in [0.25, 0.3) is 21.9 Å². The molecule has 3 rings (SSSR count). The lowest BCUT2D eigenvalue weighted by molar-refractivity contribution is 0.402. The van der Waals surface area contributed by atoms with E-state index >= 15 is 0 Å². The molecule has 0 radical (unpaired) electrons. The summed E-state index contributed by atoms with van der Waals surface area (Å²) >= 11 is 0. The number of fused-ring (bicyclic) bond motifs is 2. The van der Waals surface area contributed by atoms with Crippen LogP contribution in [0.3, 0.4) is 0 Å². The highest BCUT2D eigenvalue weighted by atomic mass is 16.5. The van der Waals surface area contributed by atoms with E-state index in [1.54, 1.807) is 6.26 Å². The number of furan rings is 1. The van der Waals surface area contributed by atoms with Crippen LogP contribution in [-0.2, 0) is 0 Å². The van der Waals surface area contributed by atoms with E-state index in [0.717, 1.165) is 21.9 Å². The highest BCUT2D eigenvalue weighted by Gasteiger charge is 2.18. The molecule has 4 heteroatoms. The van der Waals surface area contributed by atoms with Gasteiger partial charge < -0.3 is 13.6 Å². The molecule has 4 nitrogen and oxygen atoms in total. The number of methoxy groups -OCH3 is 1. The van der Waals surface area contributed by atoms with Crippen LogP contribution in [0.4, 0.5) is 0 Å². The van der Waals surface area contributed by atoms with Crippen LogP contribution in [0.15, 0.2) is 32.0 Å². The number of hydrogen-bond acceptors (Lipinski definition) is 4. The van der Waals surface area contributed by atoms with E-state index in [0.29, 0.717) is 16.9 Å². The first-order valence-electron chi connectivity index (χ1n) is 5.61. The number of aryl methyl sites for hydroxylation is 2. The Balaban J connectivity index is 2.70. The Bertz CT molecular complexity index is 808. The summed E-state index contributed by atoms with van der Waals surface area (Å²) in [6.45, 7) is 3.87. The van der Waals surface area contributed by atoms with Crippen LogP contribution in [-0.4, -0.2) is 7.11 Å². The van der Waals surface area contributed by atoms with Crippen LogP contribution in [0.5, 0.6) is 5.75 Å². The van der Waals surface area contributed by atoms with Crippen molar-refractivity contribution < 1.29 is 13.6 Å². The SMILES string of the molecule is COc1c2occc2c(C)c2c(C)cc(=O)oc12. The molecule has 3 aromatic rings. The van der Waals surface area contributed by atoms with E-state index < -0.39 is 0 Å². The van der Waals surface area contributed by atoms with Gasteiger partial charge in [-0.05, 0) is 31.0 Å². The van der Waals surface area contributed by atoms with Crippen LogP contribution < -0.4 is 10.4 Å².